The maximum atomic E-state index is 11.2. The number of carboxylic acid groups (broad SMARTS) is 1. The van der Waals surface area contributed by atoms with Crippen molar-refractivity contribution >= 4 is 34.7 Å². The number of aliphatic carboxylic acids is 1. The molecule has 1 aromatic heterocycles. The molecule has 0 amide bonds. The lowest BCUT2D eigenvalue weighted by Crippen LogP contribution is -2.22. The molecular weight excluding hydrogens is 284 g/mol. The van der Waals surface area contributed by atoms with Gasteiger partial charge in [-0.3, -0.25) is 0 Å². The Morgan fingerprint density at radius 3 is 2.85 bits per heavy atom. The molecule has 7 nitrogen and oxygen atoms in total. The van der Waals surface area contributed by atoms with Crippen LogP contribution in [-0.4, -0.2) is 38.2 Å². The van der Waals surface area contributed by atoms with E-state index in [0.717, 1.165) is 17.3 Å². The maximum absolute atomic E-state index is 11.2. The predicted octanol–water partition coefficient (Wildman–Crippen LogP) is 1.43. The first-order valence-corrected chi connectivity index (χ1v) is 6.37. The molecule has 1 aromatic carbocycles. The summed E-state index contributed by atoms with van der Waals surface area (Å²) >= 11 is 0.862. The summed E-state index contributed by atoms with van der Waals surface area (Å²) in [5, 5.41) is 18.9. The van der Waals surface area contributed by atoms with Crippen molar-refractivity contribution < 1.29 is 24.5 Å². The number of cyclic esters (lactones) is 1. The number of para-hydroxylation sites is 2. The van der Waals surface area contributed by atoms with Gasteiger partial charge in [0.1, 0.15) is 0 Å². The van der Waals surface area contributed by atoms with E-state index < -0.39 is 23.8 Å². The van der Waals surface area contributed by atoms with Crippen LogP contribution in [0.1, 0.15) is 0 Å². The molecule has 20 heavy (non-hydrogen) atoms. The molecule has 102 valence electrons. The monoisotopic (exact) mass is 292 g/mol. The van der Waals surface area contributed by atoms with Crippen LogP contribution in [0.2, 0.25) is 0 Å². The zero-order chi connectivity index (χ0) is 14.3. The molecule has 0 bridgehead atoms. The summed E-state index contributed by atoms with van der Waals surface area (Å²) in [6.07, 6.45) is -1.50. The first-order chi connectivity index (χ1) is 9.56. The van der Waals surface area contributed by atoms with Gasteiger partial charge in [0.2, 0.25) is 11.9 Å². The highest BCUT2D eigenvalue weighted by atomic mass is 32.2. The van der Waals surface area contributed by atoms with Crippen LogP contribution in [0.15, 0.2) is 40.1 Å². The maximum Gasteiger partial charge on any atom is 0.375 e. The van der Waals surface area contributed by atoms with Gasteiger partial charge in [-0.2, -0.15) is 0 Å². The zero-order valence-corrected chi connectivity index (χ0v) is 10.7. The van der Waals surface area contributed by atoms with Crippen molar-refractivity contribution in [2.75, 3.05) is 0 Å². The number of esters is 1. The van der Waals surface area contributed by atoms with Gasteiger partial charge in [0.25, 0.3) is 0 Å². The van der Waals surface area contributed by atoms with Crippen LogP contribution in [0.25, 0.3) is 11.0 Å². The second kappa shape index (κ2) is 4.57. The lowest BCUT2D eigenvalue weighted by Gasteiger charge is -2.06. The van der Waals surface area contributed by atoms with Gasteiger partial charge in [-0.05, 0) is 23.9 Å². The van der Waals surface area contributed by atoms with E-state index in [9.17, 15) is 14.7 Å². The van der Waals surface area contributed by atoms with Crippen LogP contribution in [0, 0.1) is 0 Å². The van der Waals surface area contributed by atoms with E-state index in [2.05, 4.69) is 14.7 Å². The average molecular weight is 292 g/mol. The quantitative estimate of drug-likeness (QED) is 0.733. The molecule has 0 saturated heterocycles. The number of hydrogen-bond donors (Lipinski definition) is 3. The minimum Gasteiger partial charge on any atom is -0.501 e. The number of aromatic amines is 1. The van der Waals surface area contributed by atoms with E-state index in [0.29, 0.717) is 10.7 Å². The smallest absolute Gasteiger partial charge is 0.375 e. The van der Waals surface area contributed by atoms with E-state index in [1.807, 2.05) is 18.2 Å². The van der Waals surface area contributed by atoms with E-state index in [-0.39, 0.29) is 4.91 Å². The number of carbonyl (C=O) groups is 2. The fourth-order valence-corrected chi connectivity index (χ4v) is 2.74. The fraction of sp³-hybridized carbons (Fsp3) is 0.0833. The van der Waals surface area contributed by atoms with Crippen molar-refractivity contribution in [3.05, 3.63) is 34.9 Å². The van der Waals surface area contributed by atoms with Crippen molar-refractivity contribution in [1.29, 1.82) is 0 Å². The molecule has 8 heteroatoms. The van der Waals surface area contributed by atoms with Crippen LogP contribution in [0.4, 0.5) is 0 Å². The number of carbonyl (C=O) groups excluding carboxylic acids is 1. The van der Waals surface area contributed by atoms with Gasteiger partial charge in [0.15, 0.2) is 5.16 Å². The lowest BCUT2D eigenvalue weighted by molar-refractivity contribution is -0.156. The summed E-state index contributed by atoms with van der Waals surface area (Å²) in [6, 6.07) is 7.24. The van der Waals surface area contributed by atoms with Gasteiger partial charge in [0, 0.05) is 0 Å². The second-order valence-corrected chi connectivity index (χ2v) is 5.03. The Balaban J connectivity index is 1.96. The van der Waals surface area contributed by atoms with Crippen molar-refractivity contribution in [2.24, 2.45) is 0 Å². The topological polar surface area (TPSA) is 113 Å². The third-order valence-electron chi connectivity index (χ3n) is 2.69. The van der Waals surface area contributed by atoms with E-state index in [1.54, 1.807) is 6.07 Å². The van der Waals surface area contributed by atoms with Crippen LogP contribution >= 0.6 is 11.8 Å². The Labute approximate surface area is 116 Å². The van der Waals surface area contributed by atoms with Crippen molar-refractivity contribution in [2.45, 2.75) is 11.3 Å². The molecular formula is C12H8N2O5S. The highest BCUT2D eigenvalue weighted by Crippen LogP contribution is 2.35. The highest BCUT2D eigenvalue weighted by molar-refractivity contribution is 8.03. The van der Waals surface area contributed by atoms with Gasteiger partial charge in [0.05, 0.1) is 15.9 Å². The second-order valence-electron chi connectivity index (χ2n) is 4.00. The van der Waals surface area contributed by atoms with Crippen molar-refractivity contribution in [1.82, 2.24) is 9.97 Å². The summed E-state index contributed by atoms with van der Waals surface area (Å²) in [7, 11) is 0. The Bertz CT molecular complexity index is 718. The van der Waals surface area contributed by atoms with Crippen molar-refractivity contribution in [3.8, 4) is 0 Å². The first kappa shape index (κ1) is 12.5. The van der Waals surface area contributed by atoms with Crippen molar-refractivity contribution in [3.63, 3.8) is 0 Å². The molecule has 0 spiro atoms. The third-order valence-corrected chi connectivity index (χ3v) is 3.70. The average Bonchev–Trinajstić information content (AvgIpc) is 2.94. The molecule has 3 N–H and O–H groups in total. The summed E-state index contributed by atoms with van der Waals surface area (Å²) < 4.78 is 4.57. The molecule has 0 fully saturated rings. The molecule has 3 rings (SSSR count). The number of imidazole rings is 1. The largest absolute Gasteiger partial charge is 0.501 e. The number of nitrogens with one attached hydrogen (secondary N) is 1. The molecule has 2 heterocycles. The molecule has 1 aliphatic rings. The molecule has 0 aliphatic carbocycles. The Morgan fingerprint density at radius 2 is 2.15 bits per heavy atom. The van der Waals surface area contributed by atoms with Gasteiger partial charge in [-0.1, -0.05) is 12.1 Å². The summed E-state index contributed by atoms with van der Waals surface area (Å²) in [5.74, 6) is -3.08. The predicted molar refractivity (Wildman–Crippen MR) is 69.1 cm³/mol. The van der Waals surface area contributed by atoms with Crippen LogP contribution in [0.3, 0.4) is 0 Å². The molecule has 1 unspecified atom stereocenters. The molecule has 0 radical (unpaired) electrons. The Hall–Kier alpha value is -2.48. The van der Waals surface area contributed by atoms with Gasteiger partial charge in [-0.15, -0.1) is 0 Å². The highest BCUT2D eigenvalue weighted by Gasteiger charge is 2.40. The van der Waals surface area contributed by atoms with E-state index in [4.69, 9.17) is 5.11 Å². The minimum atomic E-state index is -1.50. The van der Waals surface area contributed by atoms with E-state index in [1.165, 1.54) is 0 Å². The Morgan fingerprint density at radius 1 is 1.40 bits per heavy atom. The van der Waals surface area contributed by atoms with Gasteiger partial charge in [-0.25, -0.2) is 14.6 Å². The van der Waals surface area contributed by atoms with Crippen LogP contribution in [-0.2, 0) is 14.3 Å². The number of ether oxygens (including phenoxy) is 1. The summed E-state index contributed by atoms with van der Waals surface area (Å²) in [5.41, 5.74) is 1.47. The standard InChI is InChI=1S/C12H8N2O5S/c15-7-9(8(10(16)17)19-11(7)18)20-12-13-5-3-1-2-4-6(5)14-12/h1-4,8,15H,(H,13,14)(H,16,17). The van der Waals surface area contributed by atoms with Gasteiger partial charge < -0.3 is 19.9 Å². The van der Waals surface area contributed by atoms with Gasteiger partial charge >= 0.3 is 11.9 Å². The molecule has 2 aromatic rings. The number of carboxylic acids is 1. The van der Waals surface area contributed by atoms with Crippen LogP contribution < -0.4 is 0 Å². The minimum absolute atomic E-state index is 0.0819. The molecule has 1 aliphatic heterocycles. The number of rotatable bonds is 3. The number of hydrogen-bond acceptors (Lipinski definition) is 6. The van der Waals surface area contributed by atoms with Crippen LogP contribution in [0.5, 0.6) is 0 Å². The SMILES string of the molecule is O=C1OC(C(=O)O)C(Sc2nc3ccccc3[nH]2)=C1O. The number of H-pyrrole nitrogens is 1. The number of aliphatic hydroxyl groups excluding tert-OH is 1. The number of nitrogens with zero attached hydrogens (tertiary/aromatic N) is 1. The first-order valence-electron chi connectivity index (χ1n) is 5.56. The third kappa shape index (κ3) is 1.99. The number of aliphatic hydroxyl groups is 1. The lowest BCUT2D eigenvalue weighted by atomic mass is 10.3. The normalized spacial score (nSPS) is 18.6. The number of thioether (sulfide) groups is 1. The Kier molecular flexibility index (Phi) is 2.87. The molecule has 1 atom stereocenters. The number of fused-ring (bicyclic) bond motifs is 1. The van der Waals surface area contributed by atoms with E-state index >= 15 is 0 Å². The zero-order valence-electron chi connectivity index (χ0n) is 9.86. The summed E-state index contributed by atoms with van der Waals surface area (Å²) in [6.45, 7) is 0. The summed E-state index contributed by atoms with van der Waals surface area (Å²) in [4.78, 5) is 29.3. The fourth-order valence-electron chi connectivity index (χ4n) is 1.79. The molecule has 0 saturated carbocycles. The number of aromatic nitrogens is 2. The number of benzene rings is 1.